The normalized spacial score (nSPS) is 12.9. The summed E-state index contributed by atoms with van der Waals surface area (Å²) in [5, 5.41) is 7.40. The van der Waals surface area contributed by atoms with Crippen molar-refractivity contribution in [2.75, 3.05) is 0 Å². The first-order chi connectivity index (χ1) is 11.6. The van der Waals surface area contributed by atoms with Crippen LogP contribution in [0.2, 0.25) is 0 Å². The van der Waals surface area contributed by atoms with E-state index in [2.05, 4.69) is 17.1 Å². The summed E-state index contributed by atoms with van der Waals surface area (Å²) in [6.45, 7) is -8.64. The Morgan fingerprint density at radius 3 is 1.64 bits per heavy atom. The molecule has 0 aliphatic carbocycles. The topological polar surface area (TPSA) is 30.7 Å². The number of benzene rings is 1. The third kappa shape index (κ3) is 4.92. The Morgan fingerprint density at radius 2 is 1.20 bits per heavy atom. The van der Waals surface area contributed by atoms with Crippen LogP contribution in [-0.4, -0.2) is 28.9 Å². The van der Waals surface area contributed by atoms with Gasteiger partial charge >= 0.3 is 14.0 Å². The molecule has 2 rings (SSSR count). The Balaban J connectivity index is 2.26. The Morgan fingerprint density at radius 1 is 0.760 bits per heavy atom. The van der Waals surface area contributed by atoms with Gasteiger partial charge in [0.05, 0.1) is 17.6 Å². The molecule has 0 radical (unpaired) electrons. The zero-order chi connectivity index (χ0) is 18.7. The second-order valence-corrected chi connectivity index (χ2v) is 6.15. The lowest BCUT2D eigenvalue weighted by molar-refractivity contribution is 0.487. The van der Waals surface area contributed by atoms with E-state index < -0.39 is 35.9 Å². The molecule has 0 atom stereocenters. The molecule has 0 unspecified atom stereocenters. The van der Waals surface area contributed by atoms with E-state index in [0.717, 1.165) is 36.9 Å². The molecule has 140 valence electrons. The van der Waals surface area contributed by atoms with Crippen LogP contribution in [0.4, 0.5) is 25.9 Å². The minimum absolute atomic E-state index is 0.204. The molecule has 0 aliphatic heterocycles. The molecule has 1 heterocycles. The Hall–Kier alpha value is -1.67. The van der Waals surface area contributed by atoms with Gasteiger partial charge < -0.3 is 25.9 Å². The first-order valence-electron chi connectivity index (χ1n) is 8.42. The van der Waals surface area contributed by atoms with E-state index in [-0.39, 0.29) is 6.54 Å². The molecule has 0 spiro atoms. The molecule has 3 nitrogen and oxygen atoms in total. The van der Waals surface area contributed by atoms with Crippen molar-refractivity contribution in [3.63, 3.8) is 0 Å². The van der Waals surface area contributed by atoms with E-state index in [1.807, 2.05) is 0 Å². The van der Waals surface area contributed by atoms with Crippen LogP contribution in [0.5, 0.6) is 0 Å². The van der Waals surface area contributed by atoms with E-state index >= 15 is 0 Å². The van der Waals surface area contributed by atoms with Crippen LogP contribution in [0.25, 0.3) is 11.0 Å². The summed E-state index contributed by atoms with van der Waals surface area (Å²) in [5.41, 5.74) is -3.69. The van der Waals surface area contributed by atoms with E-state index in [1.165, 1.54) is 0 Å². The summed E-state index contributed by atoms with van der Waals surface area (Å²) in [4.78, 5) is 0.959. The summed E-state index contributed by atoms with van der Waals surface area (Å²) in [6, 6.07) is 0.910. The molecule has 1 aromatic carbocycles. The summed E-state index contributed by atoms with van der Waals surface area (Å²) in [5.74, 6) is 0. The maximum atomic E-state index is 13.1. The van der Waals surface area contributed by atoms with Crippen molar-refractivity contribution in [1.82, 2.24) is 15.0 Å². The zero-order valence-electron chi connectivity index (χ0n) is 13.9. The lowest BCUT2D eigenvalue weighted by atomic mass is 9.73. The molecule has 25 heavy (non-hydrogen) atoms. The van der Waals surface area contributed by atoms with Gasteiger partial charge in [-0.05, 0) is 6.42 Å². The number of aromatic nitrogens is 3. The van der Waals surface area contributed by atoms with Crippen molar-refractivity contribution in [3.05, 3.63) is 12.1 Å². The van der Waals surface area contributed by atoms with Gasteiger partial charge in [-0.25, -0.2) is 0 Å². The maximum Gasteiger partial charge on any atom is 0.511 e. The van der Waals surface area contributed by atoms with Crippen LogP contribution in [0.1, 0.15) is 45.4 Å². The van der Waals surface area contributed by atoms with Gasteiger partial charge in [0.15, 0.2) is 0 Å². The molecule has 0 amide bonds. The van der Waals surface area contributed by atoms with Crippen molar-refractivity contribution in [2.45, 2.75) is 52.0 Å². The predicted octanol–water partition coefficient (Wildman–Crippen LogP) is 3.90. The number of halogens is 6. The SMILES string of the molecule is CCCCCCCCn1nc2c([B-](F)(F)F)ccc([B-](F)(F)F)c2n1. The smallest absolute Gasteiger partial charge is 0.445 e. The molecule has 0 aliphatic rings. The van der Waals surface area contributed by atoms with Gasteiger partial charge in [-0.15, -0.1) is 0 Å². The minimum Gasteiger partial charge on any atom is -0.445 e. The largest absolute Gasteiger partial charge is 0.511 e. The lowest BCUT2D eigenvalue weighted by Crippen LogP contribution is -2.40. The molecule has 0 saturated carbocycles. The summed E-state index contributed by atoms with van der Waals surface area (Å²) >= 11 is 0. The van der Waals surface area contributed by atoms with E-state index in [0.29, 0.717) is 18.6 Å². The monoisotopic (exact) mass is 365 g/mol. The second-order valence-electron chi connectivity index (χ2n) is 6.15. The highest BCUT2D eigenvalue weighted by molar-refractivity contribution is 6.78. The van der Waals surface area contributed by atoms with E-state index in [1.54, 1.807) is 0 Å². The highest BCUT2D eigenvalue weighted by Crippen LogP contribution is 2.19. The van der Waals surface area contributed by atoms with E-state index in [9.17, 15) is 25.9 Å². The molecule has 0 saturated heterocycles. The molecular weight excluding hydrogens is 346 g/mol. The fraction of sp³-hybridized carbons (Fsp3) is 0.571. The maximum absolute atomic E-state index is 13.1. The fourth-order valence-corrected chi connectivity index (χ4v) is 2.74. The number of aryl methyl sites for hydroxylation is 1. The summed E-state index contributed by atoms with van der Waals surface area (Å²) in [6.07, 6.45) is 5.69. The van der Waals surface area contributed by atoms with Gasteiger partial charge in [-0.2, -0.15) is 15.0 Å². The second kappa shape index (κ2) is 7.70. The van der Waals surface area contributed by atoms with Gasteiger partial charge in [0.2, 0.25) is 0 Å². The molecule has 2 aromatic rings. The molecule has 11 heteroatoms. The Bertz CT molecular complexity index is 660. The number of hydrogen-bond donors (Lipinski definition) is 0. The van der Waals surface area contributed by atoms with Crippen LogP contribution in [-0.2, 0) is 6.54 Å². The van der Waals surface area contributed by atoms with Gasteiger partial charge in [-0.3, -0.25) is 0 Å². The highest BCUT2D eigenvalue weighted by atomic mass is 19.4. The number of nitrogens with zero attached hydrogens (tertiary/aromatic N) is 3. The van der Waals surface area contributed by atoms with Gasteiger partial charge in [0, 0.05) is 0 Å². The minimum atomic E-state index is -5.46. The number of unbranched alkanes of at least 4 members (excludes halogenated alkanes) is 5. The Kier molecular flexibility index (Phi) is 6.05. The number of hydrogen-bond acceptors (Lipinski definition) is 2. The van der Waals surface area contributed by atoms with Crippen molar-refractivity contribution in [1.29, 1.82) is 0 Å². The van der Waals surface area contributed by atoms with Crippen molar-refractivity contribution < 1.29 is 25.9 Å². The summed E-state index contributed by atoms with van der Waals surface area (Å²) in [7, 11) is 0. The van der Waals surface area contributed by atoms with Crippen molar-refractivity contribution in [3.8, 4) is 0 Å². The molecule has 0 fully saturated rings. The van der Waals surface area contributed by atoms with Crippen LogP contribution in [0.3, 0.4) is 0 Å². The van der Waals surface area contributed by atoms with Crippen LogP contribution in [0.15, 0.2) is 12.1 Å². The zero-order valence-corrected chi connectivity index (χ0v) is 13.9. The average molecular weight is 365 g/mol. The van der Waals surface area contributed by atoms with Crippen LogP contribution >= 0.6 is 0 Å². The average Bonchev–Trinajstić information content (AvgIpc) is 2.91. The van der Waals surface area contributed by atoms with Gasteiger partial charge in [-0.1, -0.05) is 62.1 Å². The van der Waals surface area contributed by atoms with E-state index in [4.69, 9.17) is 0 Å². The quantitative estimate of drug-likeness (QED) is 0.384. The first kappa shape index (κ1) is 19.7. The van der Waals surface area contributed by atoms with Crippen LogP contribution in [0, 0.1) is 0 Å². The standard InChI is InChI=1S/C14H19B2F6N3/c1-2-3-4-5-6-7-10-25-23-13-11(15(17,18)19)8-9-12(14(13)24-25)16(20,21)22/h8-9H,2-7,10H2,1H3/q-2. The number of fused-ring (bicyclic) bond motifs is 1. The molecule has 0 bridgehead atoms. The molecule has 0 N–H and O–H groups in total. The summed E-state index contributed by atoms with van der Waals surface area (Å²) < 4.78 is 78.5. The third-order valence-electron chi connectivity index (χ3n) is 4.06. The lowest BCUT2D eigenvalue weighted by Gasteiger charge is -2.19. The van der Waals surface area contributed by atoms with Crippen LogP contribution < -0.4 is 10.9 Å². The fourth-order valence-electron chi connectivity index (χ4n) is 2.74. The molecule has 1 aromatic heterocycles. The Labute approximate surface area is 141 Å². The third-order valence-corrected chi connectivity index (χ3v) is 4.06. The predicted molar refractivity (Wildman–Crippen MR) is 88.3 cm³/mol. The first-order valence-corrected chi connectivity index (χ1v) is 8.42. The van der Waals surface area contributed by atoms with Gasteiger partial charge in [0.25, 0.3) is 0 Å². The number of rotatable bonds is 9. The van der Waals surface area contributed by atoms with Crippen molar-refractivity contribution >= 4 is 35.9 Å². The highest BCUT2D eigenvalue weighted by Gasteiger charge is 2.34. The molecular formula is C14H19B2F6N3-2. The van der Waals surface area contributed by atoms with Crippen molar-refractivity contribution in [2.24, 2.45) is 0 Å². The van der Waals surface area contributed by atoms with Gasteiger partial charge in [0.1, 0.15) is 0 Å².